The quantitative estimate of drug-likeness (QED) is 0.504. The molecule has 0 N–H and O–H groups in total. The second-order valence-electron chi connectivity index (χ2n) is 2.09. The van der Waals surface area contributed by atoms with Crippen LogP contribution in [0.2, 0.25) is 12.6 Å². The van der Waals surface area contributed by atoms with Crippen LogP contribution in [-0.2, 0) is 13.6 Å². The van der Waals surface area contributed by atoms with E-state index in [1.165, 1.54) is 14.2 Å². The number of carboxylic acids is 1. The van der Waals surface area contributed by atoms with Gasteiger partial charge in [-0.15, -0.1) is 0 Å². The Morgan fingerprint density at radius 2 is 1.90 bits per heavy atom. The average molecular weight is 163 g/mol. The minimum Gasteiger partial charge on any atom is -0.550 e. The minimum atomic E-state index is -2.42. The SMILES string of the molecule is CO[Si](C)(CC(=O)[O-])OC. The summed E-state index contributed by atoms with van der Waals surface area (Å²) < 4.78 is 9.79. The van der Waals surface area contributed by atoms with E-state index in [-0.39, 0.29) is 6.04 Å². The molecule has 0 aromatic rings. The van der Waals surface area contributed by atoms with Gasteiger partial charge in [-0.1, -0.05) is 0 Å². The monoisotopic (exact) mass is 163 g/mol. The van der Waals surface area contributed by atoms with Crippen LogP contribution in [0.3, 0.4) is 0 Å². The highest BCUT2D eigenvalue weighted by molar-refractivity contribution is 6.68. The lowest BCUT2D eigenvalue weighted by atomic mass is 10.8. The Hall–Kier alpha value is -0.393. The van der Waals surface area contributed by atoms with Gasteiger partial charge in [0, 0.05) is 26.2 Å². The van der Waals surface area contributed by atoms with Gasteiger partial charge >= 0.3 is 8.56 Å². The standard InChI is InChI=1S/C5H12O4Si/c1-8-10(3,9-2)4-5(6)7/h4H2,1-3H3,(H,6,7)/p-1. The van der Waals surface area contributed by atoms with Crippen LogP contribution in [0.15, 0.2) is 0 Å². The molecule has 0 spiro atoms. The molecule has 0 saturated heterocycles. The molecule has 0 rings (SSSR count). The molecule has 0 fully saturated rings. The number of carboxylic acid groups (broad SMARTS) is 1. The number of hydrogen-bond donors (Lipinski definition) is 0. The Balaban J connectivity index is 3.92. The van der Waals surface area contributed by atoms with E-state index >= 15 is 0 Å². The molecular weight excluding hydrogens is 152 g/mol. The summed E-state index contributed by atoms with van der Waals surface area (Å²) >= 11 is 0. The fourth-order valence-corrected chi connectivity index (χ4v) is 1.47. The smallest absolute Gasteiger partial charge is 0.340 e. The summed E-state index contributed by atoms with van der Waals surface area (Å²) in [4.78, 5) is 10.1. The second kappa shape index (κ2) is 3.70. The van der Waals surface area contributed by atoms with Crippen molar-refractivity contribution in [3.63, 3.8) is 0 Å². The van der Waals surface area contributed by atoms with E-state index < -0.39 is 14.5 Å². The van der Waals surface area contributed by atoms with Crippen LogP contribution in [-0.4, -0.2) is 28.7 Å². The maximum atomic E-state index is 10.1. The summed E-state index contributed by atoms with van der Waals surface area (Å²) in [5.41, 5.74) is 0. The Morgan fingerprint density at radius 1 is 1.50 bits per heavy atom. The molecule has 0 unspecified atom stereocenters. The minimum absolute atomic E-state index is 0.125. The summed E-state index contributed by atoms with van der Waals surface area (Å²) in [6.07, 6.45) is 0. The molecule has 60 valence electrons. The highest BCUT2D eigenvalue weighted by Crippen LogP contribution is 2.08. The normalized spacial score (nSPS) is 11.5. The van der Waals surface area contributed by atoms with Gasteiger partial charge in [0.05, 0.1) is 0 Å². The van der Waals surface area contributed by atoms with Gasteiger partial charge in [0.1, 0.15) is 0 Å². The molecule has 0 aliphatic rings. The van der Waals surface area contributed by atoms with Gasteiger partial charge in [0.25, 0.3) is 0 Å². The molecule has 0 bridgehead atoms. The van der Waals surface area contributed by atoms with Gasteiger partial charge in [-0.2, -0.15) is 0 Å². The van der Waals surface area contributed by atoms with E-state index in [1.54, 1.807) is 6.55 Å². The highest BCUT2D eigenvalue weighted by Gasteiger charge is 2.28. The van der Waals surface area contributed by atoms with Crippen LogP contribution < -0.4 is 5.11 Å². The lowest BCUT2D eigenvalue weighted by Gasteiger charge is -2.22. The first-order valence-electron chi connectivity index (χ1n) is 2.84. The topological polar surface area (TPSA) is 58.6 Å². The van der Waals surface area contributed by atoms with Crippen molar-refractivity contribution in [2.75, 3.05) is 14.2 Å². The van der Waals surface area contributed by atoms with Crippen molar-refractivity contribution in [2.45, 2.75) is 12.6 Å². The molecule has 0 atom stereocenters. The van der Waals surface area contributed by atoms with Crippen LogP contribution in [0.5, 0.6) is 0 Å². The molecule has 5 heteroatoms. The first kappa shape index (κ1) is 9.61. The average Bonchev–Trinajstić information content (AvgIpc) is 1.87. The number of hydrogen-bond acceptors (Lipinski definition) is 4. The van der Waals surface area contributed by atoms with Crippen LogP contribution in [0.25, 0.3) is 0 Å². The van der Waals surface area contributed by atoms with Crippen molar-refractivity contribution in [1.29, 1.82) is 0 Å². The molecule has 0 aliphatic carbocycles. The van der Waals surface area contributed by atoms with E-state index in [9.17, 15) is 9.90 Å². The summed E-state index contributed by atoms with van der Waals surface area (Å²) in [5, 5.41) is 10.1. The van der Waals surface area contributed by atoms with Gasteiger partial charge in [-0.05, 0) is 6.55 Å². The Morgan fingerprint density at radius 3 is 2.00 bits per heavy atom. The third-order valence-corrected chi connectivity index (χ3v) is 3.99. The van der Waals surface area contributed by atoms with Crippen molar-refractivity contribution < 1.29 is 18.8 Å². The third kappa shape index (κ3) is 2.95. The summed E-state index contributed by atoms with van der Waals surface area (Å²) in [6, 6.07) is -0.125. The number of rotatable bonds is 4. The zero-order chi connectivity index (χ0) is 8.20. The van der Waals surface area contributed by atoms with Gasteiger partial charge in [-0.25, -0.2) is 0 Å². The van der Waals surface area contributed by atoms with Gasteiger partial charge < -0.3 is 18.8 Å². The van der Waals surface area contributed by atoms with Crippen LogP contribution >= 0.6 is 0 Å². The second-order valence-corrected chi connectivity index (χ2v) is 5.53. The zero-order valence-electron chi connectivity index (χ0n) is 6.34. The third-order valence-electron chi connectivity index (χ3n) is 1.33. The lowest BCUT2D eigenvalue weighted by Crippen LogP contribution is -2.42. The van der Waals surface area contributed by atoms with E-state index in [1.807, 2.05) is 0 Å². The molecule has 0 aromatic carbocycles. The van der Waals surface area contributed by atoms with Gasteiger partial charge in [-0.3, -0.25) is 0 Å². The summed E-state index contributed by atoms with van der Waals surface area (Å²) in [5.74, 6) is -1.13. The zero-order valence-corrected chi connectivity index (χ0v) is 7.34. The molecule has 0 heterocycles. The Bertz CT molecular complexity index is 121. The molecule has 4 nitrogen and oxygen atoms in total. The maximum absolute atomic E-state index is 10.1. The van der Waals surface area contributed by atoms with Crippen LogP contribution in [0.1, 0.15) is 0 Å². The van der Waals surface area contributed by atoms with Crippen molar-refractivity contribution in [1.82, 2.24) is 0 Å². The fourth-order valence-electron chi connectivity index (χ4n) is 0.490. The van der Waals surface area contributed by atoms with Gasteiger partial charge in [0.2, 0.25) is 0 Å². The van der Waals surface area contributed by atoms with E-state index in [4.69, 9.17) is 8.85 Å². The first-order valence-corrected chi connectivity index (χ1v) is 5.36. The van der Waals surface area contributed by atoms with Crippen molar-refractivity contribution in [3.8, 4) is 0 Å². The molecule has 0 amide bonds. The molecule has 10 heavy (non-hydrogen) atoms. The predicted octanol–water partition coefficient (Wildman–Crippen LogP) is -0.899. The highest BCUT2D eigenvalue weighted by atomic mass is 28.4. The largest absolute Gasteiger partial charge is 0.550 e. The first-order chi connectivity index (χ1) is 4.54. The Kier molecular flexibility index (Phi) is 3.55. The van der Waals surface area contributed by atoms with E-state index in [0.29, 0.717) is 0 Å². The van der Waals surface area contributed by atoms with Gasteiger partial charge in [0.15, 0.2) is 0 Å². The molecule has 0 aromatic heterocycles. The molecule has 0 saturated carbocycles. The van der Waals surface area contributed by atoms with Crippen molar-refractivity contribution in [2.24, 2.45) is 0 Å². The summed E-state index contributed by atoms with van der Waals surface area (Å²) in [6.45, 7) is 1.67. The maximum Gasteiger partial charge on any atom is 0.340 e. The van der Waals surface area contributed by atoms with Crippen LogP contribution in [0.4, 0.5) is 0 Å². The lowest BCUT2D eigenvalue weighted by molar-refractivity contribution is -0.302. The fraction of sp³-hybridized carbons (Fsp3) is 0.800. The summed E-state index contributed by atoms with van der Waals surface area (Å²) in [7, 11) is 0.464. The van der Waals surface area contributed by atoms with Crippen molar-refractivity contribution >= 4 is 14.5 Å². The number of aliphatic carboxylic acids is 1. The predicted molar refractivity (Wildman–Crippen MR) is 35.4 cm³/mol. The molecule has 0 radical (unpaired) electrons. The molecule has 0 aliphatic heterocycles. The Labute approximate surface area is 61.0 Å². The van der Waals surface area contributed by atoms with E-state index in [2.05, 4.69) is 0 Å². The van der Waals surface area contributed by atoms with Crippen molar-refractivity contribution in [3.05, 3.63) is 0 Å². The number of carbonyl (C=O) groups excluding carboxylic acids is 1. The van der Waals surface area contributed by atoms with E-state index in [0.717, 1.165) is 0 Å². The van der Waals surface area contributed by atoms with Crippen LogP contribution in [0, 0.1) is 0 Å². The number of carbonyl (C=O) groups is 1. The molecular formula is C5H11O4Si-.